The molecule has 76 valence electrons. The van der Waals surface area contributed by atoms with Crippen molar-refractivity contribution in [2.75, 3.05) is 7.05 Å². The quantitative estimate of drug-likeness (QED) is 0.764. The van der Waals surface area contributed by atoms with Crippen molar-refractivity contribution in [2.24, 2.45) is 0 Å². The summed E-state index contributed by atoms with van der Waals surface area (Å²) in [5.41, 5.74) is 3.07. The van der Waals surface area contributed by atoms with Gasteiger partial charge in [-0.15, -0.1) is 0 Å². The van der Waals surface area contributed by atoms with Crippen LogP contribution >= 0.6 is 0 Å². The zero-order chi connectivity index (χ0) is 10.7. The molecule has 0 aliphatic carbocycles. The fourth-order valence-corrected chi connectivity index (χ4v) is 1.44. The molecule has 1 rings (SSSR count). The summed E-state index contributed by atoms with van der Waals surface area (Å²) in [4.78, 5) is 11.4. The van der Waals surface area contributed by atoms with E-state index < -0.39 is 0 Å². The van der Waals surface area contributed by atoms with Gasteiger partial charge < -0.3 is 5.32 Å². The number of rotatable bonds is 2. The van der Waals surface area contributed by atoms with Gasteiger partial charge in [0.05, 0.1) is 0 Å². The van der Waals surface area contributed by atoms with Crippen molar-refractivity contribution >= 4 is 5.91 Å². The summed E-state index contributed by atoms with van der Waals surface area (Å²) in [7, 11) is 1.65. The molecular formula is C12H17NO. The second-order valence-electron chi connectivity index (χ2n) is 3.81. The smallest absolute Gasteiger partial charge is 0.251 e. The number of aryl methyl sites for hydroxylation is 1. The molecule has 0 saturated heterocycles. The molecule has 0 aliphatic heterocycles. The average molecular weight is 191 g/mol. The Kier molecular flexibility index (Phi) is 3.28. The minimum Gasteiger partial charge on any atom is -0.355 e. The lowest BCUT2D eigenvalue weighted by Crippen LogP contribution is -2.18. The number of carbonyl (C=O) groups excluding carboxylic acids is 1. The van der Waals surface area contributed by atoms with Gasteiger partial charge in [-0.25, -0.2) is 0 Å². The van der Waals surface area contributed by atoms with E-state index in [2.05, 4.69) is 25.2 Å². The fourth-order valence-electron chi connectivity index (χ4n) is 1.44. The van der Waals surface area contributed by atoms with Gasteiger partial charge in [-0.05, 0) is 30.0 Å². The maximum absolute atomic E-state index is 11.4. The lowest BCUT2D eigenvalue weighted by atomic mass is 9.98. The van der Waals surface area contributed by atoms with Crippen LogP contribution in [0.3, 0.4) is 0 Å². The number of hydrogen-bond acceptors (Lipinski definition) is 1. The molecule has 0 heterocycles. The van der Waals surface area contributed by atoms with Crippen LogP contribution < -0.4 is 5.32 Å². The van der Waals surface area contributed by atoms with Crippen LogP contribution in [0.1, 0.15) is 41.3 Å². The average Bonchev–Trinajstić information content (AvgIpc) is 2.16. The van der Waals surface area contributed by atoms with E-state index in [4.69, 9.17) is 0 Å². The summed E-state index contributed by atoms with van der Waals surface area (Å²) in [5, 5.41) is 2.63. The zero-order valence-corrected chi connectivity index (χ0v) is 9.22. The molecule has 0 aromatic heterocycles. The predicted molar refractivity (Wildman–Crippen MR) is 58.7 cm³/mol. The summed E-state index contributed by atoms with van der Waals surface area (Å²) >= 11 is 0. The molecule has 2 nitrogen and oxygen atoms in total. The molecule has 0 saturated carbocycles. The summed E-state index contributed by atoms with van der Waals surface area (Å²) in [5.74, 6) is 0.491. The van der Waals surface area contributed by atoms with Crippen molar-refractivity contribution in [3.05, 3.63) is 34.9 Å². The van der Waals surface area contributed by atoms with Gasteiger partial charge in [-0.2, -0.15) is 0 Å². The second-order valence-corrected chi connectivity index (χ2v) is 3.81. The van der Waals surface area contributed by atoms with Gasteiger partial charge >= 0.3 is 0 Å². The van der Waals surface area contributed by atoms with E-state index in [-0.39, 0.29) is 5.91 Å². The molecule has 0 bridgehead atoms. The zero-order valence-electron chi connectivity index (χ0n) is 9.22. The van der Waals surface area contributed by atoms with E-state index in [1.807, 2.05) is 19.1 Å². The monoisotopic (exact) mass is 191 g/mol. The van der Waals surface area contributed by atoms with Crippen molar-refractivity contribution in [2.45, 2.75) is 26.7 Å². The number of nitrogens with one attached hydrogen (secondary N) is 1. The molecule has 1 aromatic rings. The van der Waals surface area contributed by atoms with Crippen LogP contribution in [0, 0.1) is 6.92 Å². The van der Waals surface area contributed by atoms with E-state index in [0.29, 0.717) is 5.92 Å². The maximum Gasteiger partial charge on any atom is 0.251 e. The van der Waals surface area contributed by atoms with Crippen molar-refractivity contribution in [3.63, 3.8) is 0 Å². The number of carbonyl (C=O) groups is 1. The van der Waals surface area contributed by atoms with Crippen LogP contribution in [0.5, 0.6) is 0 Å². The highest BCUT2D eigenvalue weighted by molar-refractivity contribution is 5.95. The van der Waals surface area contributed by atoms with Crippen molar-refractivity contribution in [1.29, 1.82) is 0 Å². The molecule has 1 aromatic carbocycles. The SMILES string of the molecule is CNC(=O)c1ccc(C(C)C)cc1C. The van der Waals surface area contributed by atoms with Crippen LogP contribution in [0.25, 0.3) is 0 Å². The Hall–Kier alpha value is -1.31. The minimum absolute atomic E-state index is 0.0159. The largest absolute Gasteiger partial charge is 0.355 e. The van der Waals surface area contributed by atoms with E-state index in [1.165, 1.54) is 5.56 Å². The first-order valence-corrected chi connectivity index (χ1v) is 4.89. The molecule has 0 atom stereocenters. The standard InChI is InChI=1S/C12H17NO/c1-8(2)10-5-6-11(9(3)7-10)12(14)13-4/h5-8H,1-4H3,(H,13,14). The first kappa shape index (κ1) is 10.8. The Morgan fingerprint density at radius 3 is 2.43 bits per heavy atom. The first-order valence-electron chi connectivity index (χ1n) is 4.89. The van der Waals surface area contributed by atoms with Crippen LogP contribution in [0.2, 0.25) is 0 Å². The Morgan fingerprint density at radius 2 is 2.00 bits per heavy atom. The second kappa shape index (κ2) is 4.27. The van der Waals surface area contributed by atoms with Gasteiger partial charge in [-0.1, -0.05) is 26.0 Å². The Bertz CT molecular complexity index is 342. The van der Waals surface area contributed by atoms with Crippen LogP contribution in [-0.2, 0) is 0 Å². The predicted octanol–water partition coefficient (Wildman–Crippen LogP) is 2.48. The van der Waals surface area contributed by atoms with Crippen molar-refractivity contribution < 1.29 is 4.79 Å². The normalized spacial score (nSPS) is 10.4. The van der Waals surface area contributed by atoms with E-state index in [9.17, 15) is 4.79 Å². The van der Waals surface area contributed by atoms with Gasteiger partial charge in [0, 0.05) is 12.6 Å². The van der Waals surface area contributed by atoms with E-state index in [1.54, 1.807) is 7.05 Å². The minimum atomic E-state index is -0.0159. The van der Waals surface area contributed by atoms with Crippen LogP contribution in [-0.4, -0.2) is 13.0 Å². The van der Waals surface area contributed by atoms with Crippen molar-refractivity contribution in [1.82, 2.24) is 5.32 Å². The van der Waals surface area contributed by atoms with Gasteiger partial charge in [0.1, 0.15) is 0 Å². The van der Waals surface area contributed by atoms with Gasteiger partial charge in [0.15, 0.2) is 0 Å². The lowest BCUT2D eigenvalue weighted by molar-refractivity contribution is 0.0962. The van der Waals surface area contributed by atoms with Gasteiger partial charge in [-0.3, -0.25) is 4.79 Å². The van der Waals surface area contributed by atoms with Gasteiger partial charge in [0.25, 0.3) is 5.91 Å². The van der Waals surface area contributed by atoms with E-state index >= 15 is 0 Å². The highest BCUT2D eigenvalue weighted by atomic mass is 16.1. The molecule has 0 unspecified atom stereocenters. The summed E-state index contributed by atoms with van der Waals surface area (Å²) in [6, 6.07) is 5.99. The van der Waals surface area contributed by atoms with E-state index in [0.717, 1.165) is 11.1 Å². The fraction of sp³-hybridized carbons (Fsp3) is 0.417. The topological polar surface area (TPSA) is 29.1 Å². The third kappa shape index (κ3) is 2.13. The third-order valence-electron chi connectivity index (χ3n) is 2.39. The molecular weight excluding hydrogens is 174 g/mol. The third-order valence-corrected chi connectivity index (χ3v) is 2.39. The molecule has 0 spiro atoms. The van der Waals surface area contributed by atoms with Crippen LogP contribution in [0.15, 0.2) is 18.2 Å². The van der Waals surface area contributed by atoms with Gasteiger partial charge in [0.2, 0.25) is 0 Å². The highest BCUT2D eigenvalue weighted by Crippen LogP contribution is 2.18. The Balaban J connectivity index is 3.07. The highest BCUT2D eigenvalue weighted by Gasteiger charge is 2.08. The first-order chi connectivity index (χ1) is 6.56. The number of amides is 1. The Morgan fingerprint density at radius 1 is 1.36 bits per heavy atom. The maximum atomic E-state index is 11.4. The molecule has 14 heavy (non-hydrogen) atoms. The molecule has 1 N–H and O–H groups in total. The summed E-state index contributed by atoms with van der Waals surface area (Å²) in [6.45, 7) is 6.26. The van der Waals surface area contributed by atoms with Crippen LogP contribution in [0.4, 0.5) is 0 Å². The molecule has 1 amide bonds. The molecule has 2 heteroatoms. The van der Waals surface area contributed by atoms with Crippen molar-refractivity contribution in [3.8, 4) is 0 Å². The lowest BCUT2D eigenvalue weighted by Gasteiger charge is -2.09. The molecule has 0 aliphatic rings. The number of hydrogen-bond donors (Lipinski definition) is 1. The number of benzene rings is 1. The summed E-state index contributed by atoms with van der Waals surface area (Å²) < 4.78 is 0. The molecule has 0 fully saturated rings. The molecule has 0 radical (unpaired) electrons. The summed E-state index contributed by atoms with van der Waals surface area (Å²) in [6.07, 6.45) is 0. The Labute approximate surface area is 85.3 Å².